The van der Waals surface area contributed by atoms with Crippen LogP contribution in [-0.4, -0.2) is 6.54 Å². The molecule has 1 atom stereocenters. The third-order valence-corrected chi connectivity index (χ3v) is 5.09. The second-order valence-corrected chi connectivity index (χ2v) is 6.51. The summed E-state index contributed by atoms with van der Waals surface area (Å²) in [5, 5.41) is 0. The van der Waals surface area contributed by atoms with Crippen LogP contribution in [0, 0.1) is 0 Å². The fourth-order valence-corrected chi connectivity index (χ4v) is 3.83. The number of benzene rings is 1. The van der Waals surface area contributed by atoms with Crippen LogP contribution in [0.25, 0.3) is 0 Å². The van der Waals surface area contributed by atoms with Crippen LogP contribution in [0.5, 0.6) is 0 Å². The van der Waals surface area contributed by atoms with Crippen molar-refractivity contribution in [2.24, 2.45) is 5.73 Å². The molecule has 1 aliphatic carbocycles. The van der Waals surface area contributed by atoms with Crippen LogP contribution in [0.3, 0.4) is 0 Å². The summed E-state index contributed by atoms with van der Waals surface area (Å²) < 4.78 is 0. The lowest BCUT2D eigenvalue weighted by molar-refractivity contribution is 0.329. The normalized spacial score (nSPS) is 21.7. The maximum absolute atomic E-state index is 6.22. The van der Waals surface area contributed by atoms with Gasteiger partial charge >= 0.3 is 0 Å². The maximum Gasteiger partial charge on any atom is 0.00784 e. The standard InChI is InChI=1S/C19H31N/c1-2-3-4-5-6-9-14-19(16-20)15-10-12-17-11-7-8-13-18(17)19/h7-8,11,13H,2-6,9-10,12,14-16,20H2,1H3. The van der Waals surface area contributed by atoms with Crippen molar-refractivity contribution >= 4 is 0 Å². The topological polar surface area (TPSA) is 26.0 Å². The number of hydrogen-bond acceptors (Lipinski definition) is 1. The van der Waals surface area contributed by atoms with Gasteiger partial charge in [-0.2, -0.15) is 0 Å². The van der Waals surface area contributed by atoms with E-state index in [1.807, 2.05) is 0 Å². The van der Waals surface area contributed by atoms with E-state index in [1.54, 1.807) is 11.1 Å². The quantitative estimate of drug-likeness (QED) is 0.665. The Kier molecular flexibility index (Phi) is 6.09. The largest absolute Gasteiger partial charge is 0.330 e. The Morgan fingerprint density at radius 1 is 1.05 bits per heavy atom. The van der Waals surface area contributed by atoms with Gasteiger partial charge in [0.2, 0.25) is 0 Å². The Hall–Kier alpha value is -0.820. The average molecular weight is 273 g/mol. The molecule has 0 bridgehead atoms. The highest BCUT2D eigenvalue weighted by molar-refractivity contribution is 5.37. The van der Waals surface area contributed by atoms with Gasteiger partial charge in [-0.3, -0.25) is 0 Å². The number of hydrogen-bond donors (Lipinski definition) is 1. The highest BCUT2D eigenvalue weighted by atomic mass is 14.6. The van der Waals surface area contributed by atoms with E-state index in [9.17, 15) is 0 Å². The summed E-state index contributed by atoms with van der Waals surface area (Å²) in [5.41, 5.74) is 9.60. The monoisotopic (exact) mass is 273 g/mol. The highest BCUT2D eigenvalue weighted by Crippen LogP contribution is 2.40. The molecule has 112 valence electrons. The fourth-order valence-electron chi connectivity index (χ4n) is 3.83. The number of aryl methyl sites for hydroxylation is 1. The van der Waals surface area contributed by atoms with Crippen LogP contribution in [-0.2, 0) is 11.8 Å². The van der Waals surface area contributed by atoms with Gasteiger partial charge in [0.1, 0.15) is 0 Å². The van der Waals surface area contributed by atoms with Crippen molar-refractivity contribution in [3.63, 3.8) is 0 Å². The molecule has 1 aromatic carbocycles. The van der Waals surface area contributed by atoms with Crippen molar-refractivity contribution in [2.45, 2.75) is 76.5 Å². The minimum absolute atomic E-state index is 0.277. The minimum atomic E-state index is 0.277. The molecule has 0 spiro atoms. The summed E-state index contributed by atoms with van der Waals surface area (Å²) in [6.07, 6.45) is 13.4. The molecule has 2 N–H and O–H groups in total. The van der Waals surface area contributed by atoms with E-state index in [4.69, 9.17) is 5.73 Å². The lowest BCUT2D eigenvalue weighted by Gasteiger charge is -2.38. The SMILES string of the molecule is CCCCCCCCC1(CN)CCCc2ccccc21. The molecule has 2 rings (SSSR count). The third-order valence-electron chi connectivity index (χ3n) is 5.09. The Bertz CT molecular complexity index is 399. The zero-order valence-electron chi connectivity index (χ0n) is 13.2. The van der Waals surface area contributed by atoms with E-state index in [1.165, 1.54) is 64.2 Å². The van der Waals surface area contributed by atoms with Gasteiger partial charge in [0, 0.05) is 12.0 Å². The number of nitrogens with two attached hydrogens (primary N) is 1. The van der Waals surface area contributed by atoms with Gasteiger partial charge in [-0.1, -0.05) is 69.7 Å². The predicted octanol–water partition coefficient (Wildman–Crippen LogP) is 4.97. The van der Waals surface area contributed by atoms with Gasteiger partial charge in [-0.15, -0.1) is 0 Å². The molecule has 0 saturated carbocycles. The second-order valence-electron chi connectivity index (χ2n) is 6.51. The van der Waals surface area contributed by atoms with Crippen LogP contribution in [0.4, 0.5) is 0 Å². The van der Waals surface area contributed by atoms with Crippen molar-refractivity contribution in [1.82, 2.24) is 0 Å². The van der Waals surface area contributed by atoms with Crippen LogP contribution in [0.15, 0.2) is 24.3 Å². The minimum Gasteiger partial charge on any atom is -0.330 e. The Balaban J connectivity index is 1.93. The molecule has 1 nitrogen and oxygen atoms in total. The van der Waals surface area contributed by atoms with E-state index in [-0.39, 0.29) is 5.41 Å². The van der Waals surface area contributed by atoms with Crippen LogP contribution >= 0.6 is 0 Å². The lowest BCUT2D eigenvalue weighted by atomic mass is 9.67. The predicted molar refractivity (Wildman–Crippen MR) is 88.1 cm³/mol. The molecule has 0 radical (unpaired) electrons. The molecule has 1 aromatic rings. The summed E-state index contributed by atoms with van der Waals surface area (Å²) in [7, 11) is 0. The second kappa shape index (κ2) is 7.83. The first-order valence-corrected chi connectivity index (χ1v) is 8.61. The van der Waals surface area contributed by atoms with E-state index >= 15 is 0 Å². The van der Waals surface area contributed by atoms with Crippen LogP contribution in [0.2, 0.25) is 0 Å². The van der Waals surface area contributed by atoms with E-state index in [0.717, 1.165) is 6.54 Å². The Morgan fingerprint density at radius 3 is 2.60 bits per heavy atom. The lowest BCUT2D eigenvalue weighted by Crippen LogP contribution is -2.38. The van der Waals surface area contributed by atoms with Gasteiger partial charge in [-0.05, 0) is 36.8 Å². The summed E-state index contributed by atoms with van der Waals surface area (Å²) in [6.45, 7) is 3.10. The Labute approximate surface area is 125 Å². The van der Waals surface area contributed by atoms with E-state index in [0.29, 0.717) is 0 Å². The number of rotatable bonds is 8. The zero-order chi connectivity index (χ0) is 14.3. The first kappa shape index (κ1) is 15.6. The molecule has 0 aliphatic heterocycles. The van der Waals surface area contributed by atoms with Crippen molar-refractivity contribution in [3.05, 3.63) is 35.4 Å². The van der Waals surface area contributed by atoms with Gasteiger partial charge in [0.05, 0.1) is 0 Å². The molecule has 0 aromatic heterocycles. The number of fused-ring (bicyclic) bond motifs is 1. The van der Waals surface area contributed by atoms with Crippen LogP contribution in [0.1, 0.15) is 75.8 Å². The van der Waals surface area contributed by atoms with E-state index in [2.05, 4.69) is 31.2 Å². The van der Waals surface area contributed by atoms with Gasteiger partial charge in [-0.25, -0.2) is 0 Å². The molecule has 0 heterocycles. The molecule has 1 heteroatoms. The first-order valence-electron chi connectivity index (χ1n) is 8.61. The smallest absolute Gasteiger partial charge is 0.00784 e. The highest BCUT2D eigenvalue weighted by Gasteiger charge is 2.34. The summed E-state index contributed by atoms with van der Waals surface area (Å²) >= 11 is 0. The molecule has 1 unspecified atom stereocenters. The summed E-state index contributed by atoms with van der Waals surface area (Å²) in [5.74, 6) is 0. The third kappa shape index (κ3) is 3.63. The van der Waals surface area contributed by atoms with Crippen LogP contribution < -0.4 is 5.73 Å². The van der Waals surface area contributed by atoms with Crippen molar-refractivity contribution < 1.29 is 0 Å². The average Bonchev–Trinajstić information content (AvgIpc) is 2.51. The molecular weight excluding hydrogens is 242 g/mol. The molecule has 0 saturated heterocycles. The van der Waals surface area contributed by atoms with Crippen molar-refractivity contribution in [3.8, 4) is 0 Å². The van der Waals surface area contributed by atoms with Crippen molar-refractivity contribution in [1.29, 1.82) is 0 Å². The summed E-state index contributed by atoms with van der Waals surface area (Å²) in [6, 6.07) is 9.00. The Morgan fingerprint density at radius 2 is 1.80 bits per heavy atom. The molecule has 0 fully saturated rings. The first-order chi connectivity index (χ1) is 9.82. The van der Waals surface area contributed by atoms with Gasteiger partial charge in [0.25, 0.3) is 0 Å². The van der Waals surface area contributed by atoms with Gasteiger partial charge in [0.15, 0.2) is 0 Å². The molecule has 20 heavy (non-hydrogen) atoms. The number of unbranched alkanes of at least 4 members (excludes halogenated alkanes) is 5. The van der Waals surface area contributed by atoms with E-state index < -0.39 is 0 Å². The zero-order valence-corrected chi connectivity index (χ0v) is 13.2. The molecule has 1 aliphatic rings. The molecule has 0 amide bonds. The van der Waals surface area contributed by atoms with Crippen molar-refractivity contribution in [2.75, 3.05) is 6.54 Å². The summed E-state index contributed by atoms with van der Waals surface area (Å²) in [4.78, 5) is 0. The maximum atomic E-state index is 6.22. The fraction of sp³-hybridized carbons (Fsp3) is 0.684. The molecular formula is C19H31N. The van der Waals surface area contributed by atoms with Gasteiger partial charge < -0.3 is 5.73 Å².